The van der Waals surface area contributed by atoms with Gasteiger partial charge in [0.15, 0.2) is 0 Å². The summed E-state index contributed by atoms with van der Waals surface area (Å²) in [6.45, 7) is 2.10. The Morgan fingerprint density at radius 1 is 1.31 bits per heavy atom. The predicted molar refractivity (Wildman–Crippen MR) is 68.5 cm³/mol. The van der Waals surface area contributed by atoms with E-state index in [1.165, 1.54) is 11.1 Å². The van der Waals surface area contributed by atoms with Gasteiger partial charge in [-0.15, -0.1) is 0 Å². The van der Waals surface area contributed by atoms with Gasteiger partial charge in [-0.1, -0.05) is 33.6 Å². The van der Waals surface area contributed by atoms with Crippen molar-refractivity contribution in [2.24, 2.45) is 0 Å². The molecule has 2 rings (SSSR count). The summed E-state index contributed by atoms with van der Waals surface area (Å²) < 4.78 is 6.24. The molecule has 0 aliphatic carbocycles. The molecule has 0 saturated heterocycles. The first-order valence-electron chi connectivity index (χ1n) is 5.18. The number of hydrogen-bond donors (Lipinski definition) is 1. The third kappa shape index (κ3) is 2.20. The molecule has 0 amide bonds. The first-order valence-corrected chi connectivity index (χ1v) is 5.97. The van der Waals surface area contributed by atoms with Gasteiger partial charge in [-0.25, -0.2) is 0 Å². The Labute approximate surface area is 104 Å². The second-order valence-electron chi connectivity index (χ2n) is 3.80. The quantitative estimate of drug-likeness (QED) is 0.928. The zero-order chi connectivity index (χ0) is 11.5. The van der Waals surface area contributed by atoms with Crippen molar-refractivity contribution in [2.75, 3.05) is 7.05 Å². The van der Waals surface area contributed by atoms with Crippen LogP contribution in [0.3, 0.4) is 0 Å². The van der Waals surface area contributed by atoms with Crippen molar-refractivity contribution in [2.45, 2.75) is 13.0 Å². The molecule has 0 aliphatic rings. The molecule has 84 valence electrons. The van der Waals surface area contributed by atoms with Crippen molar-refractivity contribution in [1.82, 2.24) is 5.32 Å². The Balaban J connectivity index is 2.44. The van der Waals surface area contributed by atoms with E-state index in [9.17, 15) is 0 Å². The minimum atomic E-state index is 0.160. The Kier molecular flexibility index (Phi) is 3.46. The van der Waals surface area contributed by atoms with Crippen molar-refractivity contribution in [3.05, 3.63) is 58.0 Å². The monoisotopic (exact) mass is 279 g/mol. The largest absolute Gasteiger partial charge is 0.472 e. The molecule has 1 atom stereocenters. The maximum Gasteiger partial charge on any atom is 0.0953 e. The van der Waals surface area contributed by atoms with Gasteiger partial charge >= 0.3 is 0 Å². The Hall–Kier alpha value is -1.06. The molecule has 2 nitrogen and oxygen atoms in total. The van der Waals surface area contributed by atoms with Gasteiger partial charge in [0, 0.05) is 10.0 Å². The van der Waals surface area contributed by atoms with Crippen molar-refractivity contribution >= 4 is 15.9 Å². The van der Waals surface area contributed by atoms with Gasteiger partial charge in [0.2, 0.25) is 0 Å². The van der Waals surface area contributed by atoms with Gasteiger partial charge in [-0.3, -0.25) is 0 Å². The second kappa shape index (κ2) is 4.85. The van der Waals surface area contributed by atoms with Gasteiger partial charge in [0.05, 0.1) is 18.6 Å². The van der Waals surface area contributed by atoms with Crippen LogP contribution in [-0.2, 0) is 0 Å². The van der Waals surface area contributed by atoms with E-state index in [1.807, 2.05) is 13.1 Å². The minimum absolute atomic E-state index is 0.160. The van der Waals surface area contributed by atoms with E-state index in [4.69, 9.17) is 4.42 Å². The predicted octanol–water partition coefficient (Wildman–Crippen LogP) is 3.66. The molecule has 0 bridgehead atoms. The summed E-state index contributed by atoms with van der Waals surface area (Å²) in [5.41, 5.74) is 3.61. The fraction of sp³-hybridized carbons (Fsp3) is 0.231. The Morgan fingerprint density at radius 2 is 2.12 bits per heavy atom. The molecule has 0 saturated carbocycles. The van der Waals surface area contributed by atoms with E-state index < -0.39 is 0 Å². The maximum absolute atomic E-state index is 5.13. The standard InChI is InChI=1S/C13H14BrNO/c1-9-3-4-12(14)11(7-9)13(15-2)10-5-6-16-8-10/h3-8,13,15H,1-2H3. The maximum atomic E-state index is 5.13. The van der Waals surface area contributed by atoms with Crippen molar-refractivity contribution in [3.8, 4) is 0 Å². The van der Waals surface area contributed by atoms with Crippen molar-refractivity contribution in [1.29, 1.82) is 0 Å². The van der Waals surface area contributed by atoms with Crippen LogP contribution >= 0.6 is 15.9 Å². The normalized spacial score (nSPS) is 12.7. The fourth-order valence-corrected chi connectivity index (χ4v) is 2.30. The molecule has 0 aliphatic heterocycles. The van der Waals surface area contributed by atoms with Gasteiger partial charge in [-0.2, -0.15) is 0 Å². The molecule has 0 fully saturated rings. The molecule has 1 unspecified atom stereocenters. The molecule has 1 N–H and O–H groups in total. The van der Waals surface area contributed by atoms with Gasteiger partial charge < -0.3 is 9.73 Å². The van der Waals surface area contributed by atoms with Crippen LogP contribution in [0.5, 0.6) is 0 Å². The smallest absolute Gasteiger partial charge is 0.0953 e. The highest BCUT2D eigenvalue weighted by atomic mass is 79.9. The third-order valence-electron chi connectivity index (χ3n) is 2.63. The summed E-state index contributed by atoms with van der Waals surface area (Å²) in [5.74, 6) is 0. The highest BCUT2D eigenvalue weighted by Crippen LogP contribution is 2.29. The molecule has 1 heterocycles. The summed E-state index contributed by atoms with van der Waals surface area (Å²) in [6.07, 6.45) is 3.47. The van der Waals surface area contributed by atoms with Gasteiger partial charge in [0.25, 0.3) is 0 Å². The average Bonchev–Trinajstić information content (AvgIpc) is 2.78. The molecular weight excluding hydrogens is 266 g/mol. The van der Waals surface area contributed by atoms with Crippen LogP contribution in [0, 0.1) is 6.92 Å². The number of rotatable bonds is 3. The molecular formula is C13H14BrNO. The summed E-state index contributed by atoms with van der Waals surface area (Å²) in [4.78, 5) is 0. The first-order chi connectivity index (χ1) is 7.72. The highest BCUT2D eigenvalue weighted by molar-refractivity contribution is 9.10. The molecule has 1 aromatic carbocycles. The molecule has 2 aromatic rings. The van der Waals surface area contributed by atoms with E-state index >= 15 is 0 Å². The zero-order valence-electron chi connectivity index (χ0n) is 9.33. The lowest BCUT2D eigenvalue weighted by molar-refractivity contribution is 0.557. The van der Waals surface area contributed by atoms with Crippen LogP contribution in [0.1, 0.15) is 22.7 Å². The van der Waals surface area contributed by atoms with E-state index in [0.717, 1.165) is 10.0 Å². The van der Waals surface area contributed by atoms with Crippen LogP contribution in [0.25, 0.3) is 0 Å². The lowest BCUT2D eigenvalue weighted by atomic mass is 10.00. The third-order valence-corrected chi connectivity index (χ3v) is 3.35. The molecule has 16 heavy (non-hydrogen) atoms. The lowest BCUT2D eigenvalue weighted by Gasteiger charge is -2.17. The minimum Gasteiger partial charge on any atom is -0.472 e. The molecule has 1 aromatic heterocycles. The Bertz CT molecular complexity index is 465. The summed E-state index contributed by atoms with van der Waals surface area (Å²) in [7, 11) is 1.95. The molecule has 0 spiro atoms. The van der Waals surface area contributed by atoms with Crippen molar-refractivity contribution in [3.63, 3.8) is 0 Å². The Morgan fingerprint density at radius 3 is 2.75 bits per heavy atom. The fourth-order valence-electron chi connectivity index (χ4n) is 1.83. The van der Waals surface area contributed by atoms with Gasteiger partial charge in [0.1, 0.15) is 0 Å². The van der Waals surface area contributed by atoms with E-state index in [2.05, 4.69) is 46.4 Å². The van der Waals surface area contributed by atoms with E-state index in [1.54, 1.807) is 12.5 Å². The number of furan rings is 1. The number of halogens is 1. The van der Waals surface area contributed by atoms with Gasteiger partial charge in [-0.05, 0) is 31.7 Å². The van der Waals surface area contributed by atoms with Crippen LogP contribution in [-0.4, -0.2) is 7.05 Å². The summed E-state index contributed by atoms with van der Waals surface area (Å²) in [6, 6.07) is 8.49. The zero-order valence-corrected chi connectivity index (χ0v) is 10.9. The van der Waals surface area contributed by atoms with E-state index in [0.29, 0.717) is 0 Å². The summed E-state index contributed by atoms with van der Waals surface area (Å²) in [5, 5.41) is 3.30. The highest BCUT2D eigenvalue weighted by Gasteiger charge is 2.15. The number of hydrogen-bond acceptors (Lipinski definition) is 2. The average molecular weight is 280 g/mol. The second-order valence-corrected chi connectivity index (χ2v) is 4.66. The van der Waals surface area contributed by atoms with Crippen LogP contribution in [0.15, 0.2) is 45.7 Å². The van der Waals surface area contributed by atoms with Crippen LogP contribution in [0.4, 0.5) is 0 Å². The van der Waals surface area contributed by atoms with Crippen LogP contribution in [0.2, 0.25) is 0 Å². The first kappa shape index (κ1) is 11.4. The topological polar surface area (TPSA) is 25.2 Å². The van der Waals surface area contributed by atoms with E-state index in [-0.39, 0.29) is 6.04 Å². The molecule has 0 radical (unpaired) electrons. The number of benzene rings is 1. The summed E-state index contributed by atoms with van der Waals surface area (Å²) >= 11 is 3.59. The lowest BCUT2D eigenvalue weighted by Crippen LogP contribution is -2.17. The number of nitrogens with one attached hydrogen (secondary N) is 1. The molecule has 3 heteroatoms. The number of aryl methyl sites for hydroxylation is 1. The van der Waals surface area contributed by atoms with Crippen LogP contribution < -0.4 is 5.32 Å². The SMILES string of the molecule is CNC(c1ccoc1)c1cc(C)ccc1Br. The van der Waals surface area contributed by atoms with Crippen molar-refractivity contribution < 1.29 is 4.42 Å².